The Morgan fingerprint density at radius 3 is 1.94 bits per heavy atom. The molecule has 1 aliphatic carbocycles. The lowest BCUT2D eigenvalue weighted by Crippen LogP contribution is -2.76. The van der Waals surface area contributed by atoms with Gasteiger partial charge in [0.15, 0.2) is 0 Å². The van der Waals surface area contributed by atoms with Crippen molar-refractivity contribution in [3.05, 3.63) is 0 Å². The molecule has 0 aromatic carbocycles. The van der Waals surface area contributed by atoms with Crippen molar-refractivity contribution in [2.45, 2.75) is 53.6 Å². The van der Waals surface area contributed by atoms with Crippen LogP contribution in [0, 0.1) is 16.7 Å². The molecule has 1 fully saturated rings. The monoisotopic (exact) mass is 262 g/mol. The van der Waals surface area contributed by atoms with Crippen molar-refractivity contribution in [3.63, 3.8) is 0 Å². The SMILES string of the molecule is CC(C)CS(=O)(=O)NC1C(C)(C)C(N)C1(C)C. The zero-order chi connectivity index (χ0) is 13.6. The number of nitrogens with one attached hydrogen (secondary N) is 1. The van der Waals surface area contributed by atoms with E-state index in [9.17, 15) is 8.42 Å². The standard InChI is InChI=1S/C12H26N2O2S/c1-8(2)7-17(15,16)14-10-11(3,4)9(13)12(10,5)6/h8-10,14H,7,13H2,1-6H3. The first-order valence-corrected chi connectivity index (χ1v) is 7.82. The van der Waals surface area contributed by atoms with Gasteiger partial charge in [-0.2, -0.15) is 0 Å². The largest absolute Gasteiger partial charge is 0.327 e. The van der Waals surface area contributed by atoms with E-state index in [1.807, 2.05) is 41.5 Å². The quantitative estimate of drug-likeness (QED) is 0.802. The molecule has 0 aliphatic heterocycles. The fourth-order valence-electron chi connectivity index (χ4n) is 3.15. The van der Waals surface area contributed by atoms with Crippen LogP contribution in [0.4, 0.5) is 0 Å². The summed E-state index contributed by atoms with van der Waals surface area (Å²) in [6.45, 7) is 11.9. The van der Waals surface area contributed by atoms with Crippen molar-refractivity contribution in [2.75, 3.05) is 5.75 Å². The van der Waals surface area contributed by atoms with Gasteiger partial charge in [-0.1, -0.05) is 41.5 Å². The highest BCUT2D eigenvalue weighted by molar-refractivity contribution is 7.89. The van der Waals surface area contributed by atoms with E-state index in [1.165, 1.54) is 0 Å². The average molecular weight is 262 g/mol. The highest BCUT2D eigenvalue weighted by Gasteiger charge is 2.60. The van der Waals surface area contributed by atoms with Gasteiger partial charge in [-0.05, 0) is 16.7 Å². The molecule has 0 aromatic heterocycles. The average Bonchev–Trinajstić information content (AvgIpc) is 2.10. The molecule has 4 nitrogen and oxygen atoms in total. The second kappa shape index (κ2) is 4.21. The van der Waals surface area contributed by atoms with Gasteiger partial charge in [0.1, 0.15) is 0 Å². The van der Waals surface area contributed by atoms with Crippen LogP contribution in [0.3, 0.4) is 0 Å². The van der Waals surface area contributed by atoms with Gasteiger partial charge in [-0.15, -0.1) is 0 Å². The fraction of sp³-hybridized carbons (Fsp3) is 1.00. The second-order valence-corrected chi connectivity index (χ2v) is 8.65. The minimum absolute atomic E-state index is 0.0155. The molecule has 0 spiro atoms. The summed E-state index contributed by atoms with van der Waals surface area (Å²) in [6, 6.07) is -0.0736. The van der Waals surface area contributed by atoms with Crippen LogP contribution in [0.1, 0.15) is 41.5 Å². The van der Waals surface area contributed by atoms with Crippen molar-refractivity contribution in [1.29, 1.82) is 0 Å². The van der Waals surface area contributed by atoms with E-state index in [2.05, 4.69) is 4.72 Å². The van der Waals surface area contributed by atoms with E-state index >= 15 is 0 Å². The molecule has 0 radical (unpaired) electrons. The predicted molar refractivity (Wildman–Crippen MR) is 71.1 cm³/mol. The summed E-state index contributed by atoms with van der Waals surface area (Å²) in [5.41, 5.74) is 5.74. The van der Waals surface area contributed by atoms with Gasteiger partial charge < -0.3 is 5.73 Å². The smallest absolute Gasteiger partial charge is 0.212 e. The molecule has 0 aromatic rings. The molecule has 1 saturated carbocycles. The fourth-order valence-corrected chi connectivity index (χ4v) is 5.09. The molecule has 5 heteroatoms. The summed E-state index contributed by atoms with van der Waals surface area (Å²) in [5.74, 6) is 0.303. The third-order valence-electron chi connectivity index (χ3n) is 3.94. The maximum absolute atomic E-state index is 12.0. The van der Waals surface area contributed by atoms with Crippen LogP contribution in [-0.2, 0) is 10.0 Å². The van der Waals surface area contributed by atoms with Gasteiger partial charge in [-0.25, -0.2) is 13.1 Å². The van der Waals surface area contributed by atoms with Crippen molar-refractivity contribution >= 4 is 10.0 Å². The molecular weight excluding hydrogens is 236 g/mol. The first-order valence-electron chi connectivity index (χ1n) is 6.17. The number of nitrogens with two attached hydrogens (primary N) is 1. The predicted octanol–water partition coefficient (Wildman–Crippen LogP) is 1.32. The molecule has 0 amide bonds. The Kier molecular flexibility index (Phi) is 3.70. The zero-order valence-corrected chi connectivity index (χ0v) is 12.6. The van der Waals surface area contributed by atoms with Crippen LogP contribution in [0.2, 0.25) is 0 Å². The van der Waals surface area contributed by atoms with Crippen molar-refractivity contribution in [3.8, 4) is 0 Å². The summed E-state index contributed by atoms with van der Waals surface area (Å²) in [4.78, 5) is 0. The highest BCUT2D eigenvalue weighted by atomic mass is 32.2. The molecule has 1 rings (SSSR count). The third kappa shape index (κ3) is 2.66. The van der Waals surface area contributed by atoms with Gasteiger partial charge >= 0.3 is 0 Å². The number of hydrogen-bond donors (Lipinski definition) is 2. The summed E-state index contributed by atoms with van der Waals surface area (Å²) in [6.07, 6.45) is 0. The Hall–Kier alpha value is -0.130. The molecule has 0 heterocycles. The molecule has 102 valence electrons. The Morgan fingerprint density at radius 1 is 1.18 bits per heavy atom. The van der Waals surface area contributed by atoms with Gasteiger partial charge in [0.2, 0.25) is 10.0 Å². The Bertz CT molecular complexity index is 369. The normalized spacial score (nSPS) is 31.3. The van der Waals surface area contributed by atoms with Gasteiger partial charge in [0, 0.05) is 12.1 Å². The molecule has 17 heavy (non-hydrogen) atoms. The van der Waals surface area contributed by atoms with Gasteiger partial charge in [0.25, 0.3) is 0 Å². The Balaban J connectivity index is 2.83. The topological polar surface area (TPSA) is 72.2 Å². The minimum atomic E-state index is -3.21. The second-order valence-electron chi connectivity index (χ2n) is 6.85. The Labute approximate surface area is 105 Å². The van der Waals surface area contributed by atoms with Crippen molar-refractivity contribution in [2.24, 2.45) is 22.5 Å². The van der Waals surface area contributed by atoms with Gasteiger partial charge in [-0.3, -0.25) is 0 Å². The maximum atomic E-state index is 12.0. The van der Waals surface area contributed by atoms with E-state index in [1.54, 1.807) is 0 Å². The number of rotatable bonds is 4. The van der Waals surface area contributed by atoms with E-state index in [0.29, 0.717) is 0 Å². The first-order chi connectivity index (χ1) is 7.41. The molecule has 3 N–H and O–H groups in total. The number of hydrogen-bond acceptors (Lipinski definition) is 3. The van der Waals surface area contributed by atoms with Crippen molar-refractivity contribution < 1.29 is 8.42 Å². The molecule has 0 bridgehead atoms. The third-order valence-corrected chi connectivity index (χ3v) is 5.64. The molecular formula is C12H26N2O2S. The maximum Gasteiger partial charge on any atom is 0.212 e. The summed E-state index contributed by atoms with van der Waals surface area (Å²) >= 11 is 0. The van der Waals surface area contributed by atoms with E-state index in [4.69, 9.17) is 5.73 Å². The Morgan fingerprint density at radius 2 is 1.59 bits per heavy atom. The van der Waals surface area contributed by atoms with Crippen LogP contribution in [0.5, 0.6) is 0 Å². The molecule has 0 saturated heterocycles. The summed E-state index contributed by atoms with van der Waals surface area (Å²) < 4.78 is 26.8. The lowest BCUT2D eigenvalue weighted by atomic mass is 9.49. The highest BCUT2D eigenvalue weighted by Crippen LogP contribution is 2.52. The summed E-state index contributed by atoms with van der Waals surface area (Å²) in [7, 11) is -3.21. The van der Waals surface area contributed by atoms with Crippen molar-refractivity contribution in [1.82, 2.24) is 4.72 Å². The molecule has 1 aliphatic rings. The van der Waals surface area contributed by atoms with Crippen LogP contribution >= 0.6 is 0 Å². The first kappa shape index (κ1) is 14.9. The number of sulfonamides is 1. The van der Waals surface area contributed by atoms with Gasteiger partial charge in [0.05, 0.1) is 5.75 Å². The van der Waals surface area contributed by atoms with Crippen LogP contribution in [-0.4, -0.2) is 26.3 Å². The van der Waals surface area contributed by atoms with E-state index < -0.39 is 10.0 Å². The zero-order valence-electron chi connectivity index (χ0n) is 11.7. The molecule has 0 unspecified atom stereocenters. The van der Waals surface area contributed by atoms with E-state index in [-0.39, 0.29) is 34.6 Å². The summed E-state index contributed by atoms with van der Waals surface area (Å²) in [5, 5.41) is 0. The van der Waals surface area contributed by atoms with Crippen LogP contribution < -0.4 is 10.5 Å². The lowest BCUT2D eigenvalue weighted by molar-refractivity contribution is -0.0593. The molecule has 0 atom stereocenters. The van der Waals surface area contributed by atoms with E-state index in [0.717, 1.165) is 0 Å². The van der Waals surface area contributed by atoms with Crippen LogP contribution in [0.15, 0.2) is 0 Å². The lowest BCUT2D eigenvalue weighted by Gasteiger charge is -2.62. The minimum Gasteiger partial charge on any atom is -0.327 e. The van der Waals surface area contributed by atoms with Crippen LogP contribution in [0.25, 0.3) is 0 Å².